The molecule has 144 valence electrons. The lowest BCUT2D eigenvalue weighted by Gasteiger charge is -2.62. The highest BCUT2D eigenvalue weighted by Crippen LogP contribution is 2.69. The summed E-state index contributed by atoms with van der Waals surface area (Å²) in [7, 11) is 0. The molecule has 4 aliphatic rings. The van der Waals surface area contributed by atoms with Crippen LogP contribution in [0.25, 0.3) is 0 Å². The van der Waals surface area contributed by atoms with E-state index in [0.29, 0.717) is 10.8 Å². The van der Waals surface area contributed by atoms with E-state index in [1.54, 1.807) is 19.3 Å². The monoisotopic (exact) mass is 345 g/mol. The van der Waals surface area contributed by atoms with E-state index in [4.69, 9.17) is 5.73 Å². The fourth-order valence-electron chi connectivity index (χ4n) is 8.97. The van der Waals surface area contributed by atoms with Gasteiger partial charge in [-0.15, -0.1) is 0 Å². The highest BCUT2D eigenvalue weighted by atomic mass is 14.7. The molecule has 0 amide bonds. The molecule has 1 heteroatoms. The van der Waals surface area contributed by atoms with Gasteiger partial charge in [0.1, 0.15) is 0 Å². The maximum Gasteiger partial charge on any atom is -0.00772 e. The molecule has 2 N–H and O–H groups in total. The molecule has 0 saturated heterocycles. The van der Waals surface area contributed by atoms with Crippen molar-refractivity contribution in [3.63, 3.8) is 0 Å². The third kappa shape index (κ3) is 2.74. The van der Waals surface area contributed by atoms with E-state index in [2.05, 4.69) is 20.8 Å². The second kappa shape index (κ2) is 6.84. The molecule has 0 aromatic carbocycles. The Hall–Kier alpha value is -0.0400. The minimum atomic E-state index is 0.645. The summed E-state index contributed by atoms with van der Waals surface area (Å²) in [6.07, 6.45) is 17.9. The van der Waals surface area contributed by atoms with E-state index < -0.39 is 0 Å². The summed E-state index contributed by atoms with van der Waals surface area (Å²) in [4.78, 5) is 0. The van der Waals surface area contributed by atoms with Gasteiger partial charge < -0.3 is 5.73 Å². The Morgan fingerprint density at radius 2 is 1.68 bits per heavy atom. The first-order chi connectivity index (χ1) is 12.0. The Morgan fingerprint density at radius 3 is 2.44 bits per heavy atom. The second-order valence-electron chi connectivity index (χ2n) is 10.9. The number of fused-ring (bicyclic) bond motifs is 5. The van der Waals surface area contributed by atoms with E-state index in [1.807, 2.05) is 0 Å². The first-order valence-corrected chi connectivity index (χ1v) is 11.7. The molecule has 25 heavy (non-hydrogen) atoms. The molecule has 0 heterocycles. The fraction of sp³-hybridized carbons (Fsp3) is 1.00. The zero-order chi connectivity index (χ0) is 17.7. The van der Waals surface area contributed by atoms with Crippen molar-refractivity contribution in [2.75, 3.05) is 6.54 Å². The van der Waals surface area contributed by atoms with E-state index in [9.17, 15) is 0 Å². The van der Waals surface area contributed by atoms with Gasteiger partial charge in [-0.3, -0.25) is 0 Å². The maximum absolute atomic E-state index is 5.85. The number of nitrogens with two attached hydrogens (primary N) is 1. The zero-order valence-electron chi connectivity index (χ0n) is 17.2. The highest BCUT2D eigenvalue weighted by Gasteiger charge is 2.60. The Labute approximate surface area is 156 Å². The Balaban J connectivity index is 1.60. The smallest absolute Gasteiger partial charge is 0.00772 e. The van der Waals surface area contributed by atoms with E-state index >= 15 is 0 Å². The van der Waals surface area contributed by atoms with Crippen LogP contribution in [-0.2, 0) is 0 Å². The quantitative estimate of drug-likeness (QED) is 0.626. The summed E-state index contributed by atoms with van der Waals surface area (Å²) in [5.41, 5.74) is 7.18. The van der Waals surface area contributed by atoms with Crippen molar-refractivity contribution < 1.29 is 0 Å². The van der Waals surface area contributed by atoms with E-state index in [-0.39, 0.29) is 0 Å². The van der Waals surface area contributed by atoms with Crippen LogP contribution in [0.2, 0.25) is 0 Å². The summed E-state index contributed by atoms with van der Waals surface area (Å²) in [6, 6.07) is 0. The standard InChI is InChI=1S/C24H43N/c1-4-17-16-19-21-11-10-18(8-7-15-25)23(21,2)14-12-22(19)24(3)13-6-5-9-20(17)24/h17-22H,4-16,25H2,1-3H3/t17-,18?,19?,20?,21?,22-,23?,24?/m0/s1. The minimum Gasteiger partial charge on any atom is -0.330 e. The molecule has 1 nitrogen and oxygen atoms in total. The molecule has 0 radical (unpaired) electrons. The molecular weight excluding hydrogens is 302 g/mol. The van der Waals surface area contributed by atoms with Crippen LogP contribution in [0, 0.1) is 46.3 Å². The zero-order valence-corrected chi connectivity index (χ0v) is 17.2. The van der Waals surface area contributed by atoms with Crippen molar-refractivity contribution in [2.45, 2.75) is 97.8 Å². The Kier molecular flexibility index (Phi) is 5.02. The largest absolute Gasteiger partial charge is 0.330 e. The molecule has 8 atom stereocenters. The number of rotatable bonds is 4. The minimum absolute atomic E-state index is 0.645. The van der Waals surface area contributed by atoms with Crippen molar-refractivity contribution in [1.82, 2.24) is 0 Å². The lowest BCUT2D eigenvalue weighted by atomic mass is 9.42. The average Bonchev–Trinajstić information content (AvgIpc) is 2.95. The van der Waals surface area contributed by atoms with Crippen LogP contribution in [-0.4, -0.2) is 6.54 Å². The lowest BCUT2D eigenvalue weighted by molar-refractivity contribution is -0.135. The SMILES string of the molecule is CC[C@H]1CC2C3CCC(CCCN)C3(C)CC[C@@H]2C2(C)CCCCC12. The molecule has 0 bridgehead atoms. The lowest BCUT2D eigenvalue weighted by Crippen LogP contribution is -2.55. The first kappa shape index (κ1) is 18.3. The summed E-state index contributed by atoms with van der Waals surface area (Å²) in [6.45, 7) is 8.81. The first-order valence-electron chi connectivity index (χ1n) is 11.7. The van der Waals surface area contributed by atoms with Crippen LogP contribution in [0.4, 0.5) is 0 Å². The van der Waals surface area contributed by atoms with Crippen LogP contribution in [0.15, 0.2) is 0 Å². The van der Waals surface area contributed by atoms with Crippen molar-refractivity contribution in [1.29, 1.82) is 0 Å². The third-order valence-electron chi connectivity index (χ3n) is 10.2. The van der Waals surface area contributed by atoms with Gasteiger partial charge in [0, 0.05) is 0 Å². The summed E-state index contributed by atoms with van der Waals surface area (Å²) >= 11 is 0. The fourth-order valence-corrected chi connectivity index (χ4v) is 8.97. The van der Waals surface area contributed by atoms with Gasteiger partial charge in [0.15, 0.2) is 0 Å². The van der Waals surface area contributed by atoms with Gasteiger partial charge in [-0.1, -0.05) is 40.0 Å². The molecule has 4 aliphatic carbocycles. The van der Waals surface area contributed by atoms with Gasteiger partial charge in [-0.25, -0.2) is 0 Å². The van der Waals surface area contributed by atoms with Crippen molar-refractivity contribution in [2.24, 2.45) is 52.1 Å². The Morgan fingerprint density at radius 1 is 0.880 bits per heavy atom. The van der Waals surface area contributed by atoms with Gasteiger partial charge in [-0.2, -0.15) is 0 Å². The average molecular weight is 346 g/mol. The van der Waals surface area contributed by atoms with Gasteiger partial charge in [0.2, 0.25) is 0 Å². The van der Waals surface area contributed by atoms with Crippen LogP contribution < -0.4 is 5.73 Å². The van der Waals surface area contributed by atoms with E-state index in [0.717, 1.165) is 42.1 Å². The highest BCUT2D eigenvalue weighted by molar-refractivity contribution is 5.10. The number of hydrogen-bond donors (Lipinski definition) is 1. The molecule has 0 aromatic rings. The molecular formula is C24H43N. The molecule has 6 unspecified atom stereocenters. The molecule has 4 rings (SSSR count). The van der Waals surface area contributed by atoms with Crippen LogP contribution >= 0.6 is 0 Å². The predicted molar refractivity (Wildman–Crippen MR) is 107 cm³/mol. The van der Waals surface area contributed by atoms with Crippen LogP contribution in [0.3, 0.4) is 0 Å². The third-order valence-corrected chi connectivity index (χ3v) is 10.2. The van der Waals surface area contributed by atoms with Crippen molar-refractivity contribution in [3.05, 3.63) is 0 Å². The summed E-state index contributed by atoms with van der Waals surface area (Å²) < 4.78 is 0. The Bertz CT molecular complexity index is 473. The molecule has 0 aliphatic heterocycles. The molecule has 4 saturated carbocycles. The van der Waals surface area contributed by atoms with Gasteiger partial charge in [0.25, 0.3) is 0 Å². The molecule has 4 fully saturated rings. The second-order valence-corrected chi connectivity index (χ2v) is 10.9. The van der Waals surface area contributed by atoms with Crippen LogP contribution in [0.1, 0.15) is 97.8 Å². The van der Waals surface area contributed by atoms with Gasteiger partial charge in [0.05, 0.1) is 0 Å². The van der Waals surface area contributed by atoms with E-state index in [1.165, 1.54) is 57.8 Å². The predicted octanol–water partition coefficient (Wildman–Crippen LogP) is 6.41. The summed E-state index contributed by atoms with van der Waals surface area (Å²) in [5.74, 6) is 6.17. The topological polar surface area (TPSA) is 26.0 Å². The molecule has 0 spiro atoms. The van der Waals surface area contributed by atoms with Gasteiger partial charge in [-0.05, 0) is 111 Å². The van der Waals surface area contributed by atoms with Crippen molar-refractivity contribution in [3.8, 4) is 0 Å². The summed E-state index contributed by atoms with van der Waals surface area (Å²) in [5, 5.41) is 0. The van der Waals surface area contributed by atoms with Crippen LogP contribution in [0.5, 0.6) is 0 Å². The number of hydrogen-bond acceptors (Lipinski definition) is 1. The molecule has 0 aromatic heterocycles. The maximum atomic E-state index is 5.85. The van der Waals surface area contributed by atoms with Gasteiger partial charge >= 0.3 is 0 Å². The van der Waals surface area contributed by atoms with Crippen molar-refractivity contribution >= 4 is 0 Å². The normalized spacial score (nSPS) is 52.3.